The van der Waals surface area contributed by atoms with E-state index in [4.69, 9.17) is 5.73 Å². The standard InChI is InChI=1S/C16H14FN3O2/c17-12-3-1-2-11(10-12)4-9-15(21)19-13-5-7-14(8-6-13)20-16(18)22/h1-10H,(H,19,21)(H3,18,20,22)/b9-4+. The summed E-state index contributed by atoms with van der Waals surface area (Å²) < 4.78 is 13.0. The van der Waals surface area contributed by atoms with E-state index in [2.05, 4.69) is 10.6 Å². The summed E-state index contributed by atoms with van der Waals surface area (Å²) in [6.07, 6.45) is 2.83. The largest absolute Gasteiger partial charge is 0.351 e. The van der Waals surface area contributed by atoms with Crippen LogP contribution in [0.15, 0.2) is 54.6 Å². The summed E-state index contributed by atoms with van der Waals surface area (Å²) in [7, 11) is 0. The number of carbonyl (C=O) groups excluding carboxylic acids is 2. The van der Waals surface area contributed by atoms with Crippen molar-refractivity contribution in [1.82, 2.24) is 0 Å². The zero-order valence-corrected chi connectivity index (χ0v) is 11.5. The highest BCUT2D eigenvalue weighted by Crippen LogP contribution is 2.13. The lowest BCUT2D eigenvalue weighted by Crippen LogP contribution is -2.19. The number of nitrogens with one attached hydrogen (secondary N) is 2. The number of carbonyl (C=O) groups is 2. The lowest BCUT2D eigenvalue weighted by molar-refractivity contribution is -0.111. The van der Waals surface area contributed by atoms with E-state index < -0.39 is 6.03 Å². The molecule has 0 aromatic heterocycles. The molecule has 0 unspecified atom stereocenters. The molecule has 2 aromatic rings. The summed E-state index contributed by atoms with van der Waals surface area (Å²) in [6.45, 7) is 0. The highest BCUT2D eigenvalue weighted by atomic mass is 19.1. The second kappa shape index (κ2) is 7.03. The third-order valence-electron chi connectivity index (χ3n) is 2.70. The maximum atomic E-state index is 13.0. The van der Waals surface area contributed by atoms with E-state index in [-0.39, 0.29) is 11.7 Å². The fourth-order valence-electron chi connectivity index (χ4n) is 1.75. The first-order valence-corrected chi connectivity index (χ1v) is 6.44. The van der Waals surface area contributed by atoms with Crippen LogP contribution in [0.3, 0.4) is 0 Å². The number of nitrogens with two attached hydrogens (primary N) is 1. The molecule has 0 aliphatic heterocycles. The van der Waals surface area contributed by atoms with E-state index in [0.717, 1.165) is 0 Å². The van der Waals surface area contributed by atoms with Crippen LogP contribution in [-0.4, -0.2) is 11.9 Å². The zero-order chi connectivity index (χ0) is 15.9. The molecule has 0 spiro atoms. The monoisotopic (exact) mass is 299 g/mol. The van der Waals surface area contributed by atoms with Gasteiger partial charge in [0.25, 0.3) is 0 Å². The van der Waals surface area contributed by atoms with Gasteiger partial charge in [0.05, 0.1) is 0 Å². The Labute approximate surface area is 126 Å². The molecule has 6 heteroatoms. The number of hydrogen-bond donors (Lipinski definition) is 3. The van der Waals surface area contributed by atoms with Crippen LogP contribution in [0.25, 0.3) is 6.08 Å². The van der Waals surface area contributed by atoms with E-state index in [1.54, 1.807) is 36.4 Å². The molecule has 3 amide bonds. The fraction of sp³-hybridized carbons (Fsp3) is 0. The van der Waals surface area contributed by atoms with Crippen LogP contribution in [0.1, 0.15) is 5.56 Å². The Balaban J connectivity index is 1.95. The van der Waals surface area contributed by atoms with Crippen LogP contribution in [0.2, 0.25) is 0 Å². The topological polar surface area (TPSA) is 84.2 Å². The Morgan fingerprint density at radius 3 is 2.23 bits per heavy atom. The van der Waals surface area contributed by atoms with E-state index >= 15 is 0 Å². The van der Waals surface area contributed by atoms with Crippen LogP contribution >= 0.6 is 0 Å². The number of hydrogen-bond acceptors (Lipinski definition) is 2. The van der Waals surface area contributed by atoms with Crippen LogP contribution < -0.4 is 16.4 Å². The molecule has 0 heterocycles. The van der Waals surface area contributed by atoms with Gasteiger partial charge in [-0.05, 0) is 48.0 Å². The van der Waals surface area contributed by atoms with Gasteiger partial charge in [-0.3, -0.25) is 4.79 Å². The number of urea groups is 1. The van der Waals surface area contributed by atoms with Crippen molar-refractivity contribution < 1.29 is 14.0 Å². The molecule has 0 saturated carbocycles. The summed E-state index contributed by atoms with van der Waals surface area (Å²) in [5, 5.41) is 5.06. The molecule has 2 rings (SSSR count). The molecular formula is C16H14FN3O2. The highest BCUT2D eigenvalue weighted by molar-refractivity contribution is 6.02. The molecule has 4 N–H and O–H groups in total. The maximum Gasteiger partial charge on any atom is 0.316 e. The SMILES string of the molecule is NC(=O)Nc1ccc(NC(=O)/C=C/c2cccc(F)c2)cc1. The van der Waals surface area contributed by atoms with Gasteiger partial charge in [-0.2, -0.15) is 0 Å². The van der Waals surface area contributed by atoms with Crippen molar-refractivity contribution in [2.24, 2.45) is 5.73 Å². The normalized spacial score (nSPS) is 10.4. The Morgan fingerprint density at radius 1 is 1.00 bits per heavy atom. The molecule has 0 atom stereocenters. The maximum absolute atomic E-state index is 13.0. The van der Waals surface area contributed by atoms with Crippen molar-refractivity contribution in [2.45, 2.75) is 0 Å². The molecule has 112 valence electrons. The molecule has 0 aliphatic carbocycles. The van der Waals surface area contributed by atoms with Gasteiger partial charge in [0.2, 0.25) is 5.91 Å². The van der Waals surface area contributed by atoms with E-state index in [0.29, 0.717) is 16.9 Å². The summed E-state index contributed by atoms with van der Waals surface area (Å²) >= 11 is 0. The zero-order valence-electron chi connectivity index (χ0n) is 11.5. The van der Waals surface area contributed by atoms with Crippen LogP contribution in [0, 0.1) is 5.82 Å². The first-order chi connectivity index (χ1) is 10.5. The van der Waals surface area contributed by atoms with Gasteiger partial charge in [-0.25, -0.2) is 9.18 Å². The summed E-state index contributed by atoms with van der Waals surface area (Å²) in [4.78, 5) is 22.4. The van der Waals surface area contributed by atoms with Gasteiger partial charge in [0.1, 0.15) is 5.82 Å². The van der Waals surface area contributed by atoms with Gasteiger partial charge in [0, 0.05) is 17.5 Å². The van der Waals surface area contributed by atoms with Gasteiger partial charge in [-0.15, -0.1) is 0 Å². The Bertz CT molecular complexity index is 712. The Kier molecular flexibility index (Phi) is 4.87. The number of primary amides is 1. The Hall–Kier alpha value is -3.15. The third kappa shape index (κ3) is 4.75. The van der Waals surface area contributed by atoms with Crippen molar-refractivity contribution >= 4 is 29.4 Å². The summed E-state index contributed by atoms with van der Waals surface area (Å²) in [5.41, 5.74) is 6.67. The minimum Gasteiger partial charge on any atom is -0.351 e. The number of anilines is 2. The Morgan fingerprint density at radius 2 is 1.64 bits per heavy atom. The molecule has 0 aliphatic rings. The van der Waals surface area contributed by atoms with Crippen LogP contribution in [-0.2, 0) is 4.79 Å². The van der Waals surface area contributed by atoms with E-state index in [9.17, 15) is 14.0 Å². The number of benzene rings is 2. The van der Waals surface area contributed by atoms with E-state index in [1.165, 1.54) is 24.3 Å². The fourth-order valence-corrected chi connectivity index (χ4v) is 1.75. The molecule has 2 aromatic carbocycles. The molecule has 5 nitrogen and oxygen atoms in total. The second-order valence-corrected chi connectivity index (χ2v) is 4.44. The van der Waals surface area contributed by atoms with Crippen LogP contribution in [0.4, 0.5) is 20.6 Å². The number of amides is 3. The third-order valence-corrected chi connectivity index (χ3v) is 2.70. The number of halogens is 1. The average molecular weight is 299 g/mol. The predicted molar refractivity (Wildman–Crippen MR) is 83.7 cm³/mol. The van der Waals surface area contributed by atoms with Crippen molar-refractivity contribution in [1.29, 1.82) is 0 Å². The molecule has 0 radical (unpaired) electrons. The molecule has 0 fully saturated rings. The summed E-state index contributed by atoms with van der Waals surface area (Å²) in [5.74, 6) is -0.708. The number of rotatable bonds is 4. The van der Waals surface area contributed by atoms with Gasteiger partial charge < -0.3 is 16.4 Å². The van der Waals surface area contributed by atoms with E-state index in [1.807, 2.05) is 0 Å². The van der Waals surface area contributed by atoms with Crippen molar-refractivity contribution in [3.05, 3.63) is 66.0 Å². The van der Waals surface area contributed by atoms with Gasteiger partial charge >= 0.3 is 6.03 Å². The van der Waals surface area contributed by atoms with Crippen molar-refractivity contribution in [3.8, 4) is 0 Å². The van der Waals surface area contributed by atoms with Crippen molar-refractivity contribution in [2.75, 3.05) is 10.6 Å². The first-order valence-electron chi connectivity index (χ1n) is 6.44. The van der Waals surface area contributed by atoms with Gasteiger partial charge in [-0.1, -0.05) is 12.1 Å². The lowest BCUT2D eigenvalue weighted by Gasteiger charge is -2.04. The molecular weight excluding hydrogens is 285 g/mol. The predicted octanol–water partition coefficient (Wildman–Crippen LogP) is 2.97. The highest BCUT2D eigenvalue weighted by Gasteiger charge is 2.00. The smallest absolute Gasteiger partial charge is 0.316 e. The minimum atomic E-state index is -0.658. The second-order valence-electron chi connectivity index (χ2n) is 4.44. The quantitative estimate of drug-likeness (QED) is 0.758. The lowest BCUT2D eigenvalue weighted by atomic mass is 10.2. The summed E-state index contributed by atoms with van der Waals surface area (Å²) in [6, 6.07) is 11.7. The van der Waals surface area contributed by atoms with Gasteiger partial charge in [0.15, 0.2) is 0 Å². The van der Waals surface area contributed by atoms with Crippen LogP contribution in [0.5, 0.6) is 0 Å². The minimum absolute atomic E-state index is 0.347. The molecule has 0 saturated heterocycles. The average Bonchev–Trinajstić information content (AvgIpc) is 2.47. The van der Waals surface area contributed by atoms with Crippen molar-refractivity contribution in [3.63, 3.8) is 0 Å². The molecule has 0 bridgehead atoms. The molecule has 22 heavy (non-hydrogen) atoms. The first kappa shape index (κ1) is 15.2.